The molecule has 2 aromatic rings. The van der Waals surface area contributed by atoms with Crippen molar-refractivity contribution in [3.63, 3.8) is 0 Å². The molecular formula is C14H14ClNO. The Kier molecular flexibility index (Phi) is 2.67. The maximum atomic E-state index is 11.3. The third-order valence-corrected chi connectivity index (χ3v) is 3.89. The Labute approximate surface area is 105 Å². The minimum atomic E-state index is 0.402. The highest BCUT2D eigenvalue weighted by atomic mass is 35.5. The van der Waals surface area contributed by atoms with Crippen molar-refractivity contribution < 1.29 is 4.79 Å². The number of benzene rings is 1. The monoisotopic (exact) mass is 247 g/mol. The molecule has 0 radical (unpaired) electrons. The lowest BCUT2D eigenvalue weighted by atomic mass is 9.83. The van der Waals surface area contributed by atoms with Crippen LogP contribution in [0.25, 0.3) is 10.9 Å². The highest BCUT2D eigenvalue weighted by molar-refractivity contribution is 6.31. The number of rotatable bonds is 1. The number of ketones is 1. The molecule has 1 saturated carbocycles. The molecule has 0 spiro atoms. The van der Waals surface area contributed by atoms with Crippen LogP contribution >= 0.6 is 11.6 Å². The van der Waals surface area contributed by atoms with E-state index >= 15 is 0 Å². The predicted molar refractivity (Wildman–Crippen MR) is 69.5 cm³/mol. The van der Waals surface area contributed by atoms with E-state index in [4.69, 9.17) is 11.6 Å². The Hall–Kier alpha value is -1.28. The summed E-state index contributed by atoms with van der Waals surface area (Å²) in [5.74, 6) is 0.902. The number of fused-ring (bicyclic) bond motifs is 1. The average Bonchev–Trinajstić information content (AvgIpc) is 2.73. The van der Waals surface area contributed by atoms with Crippen LogP contribution < -0.4 is 0 Å². The summed E-state index contributed by atoms with van der Waals surface area (Å²) in [6.45, 7) is 0. The van der Waals surface area contributed by atoms with Gasteiger partial charge in [-0.2, -0.15) is 0 Å². The summed E-state index contributed by atoms with van der Waals surface area (Å²) in [6.07, 6.45) is 5.45. The smallest absolute Gasteiger partial charge is 0.132 e. The van der Waals surface area contributed by atoms with Gasteiger partial charge in [0.05, 0.1) is 0 Å². The van der Waals surface area contributed by atoms with Crippen molar-refractivity contribution in [1.82, 2.24) is 4.98 Å². The molecule has 1 aliphatic rings. The molecule has 0 amide bonds. The number of carbonyl (C=O) groups is 1. The molecule has 3 heteroatoms. The molecule has 0 aliphatic heterocycles. The largest absolute Gasteiger partial charge is 0.361 e. The number of aromatic nitrogens is 1. The van der Waals surface area contributed by atoms with Crippen LogP contribution in [0.1, 0.15) is 37.2 Å². The van der Waals surface area contributed by atoms with Crippen molar-refractivity contribution >= 4 is 28.3 Å². The molecular weight excluding hydrogens is 234 g/mol. The Morgan fingerprint density at radius 2 is 2.00 bits per heavy atom. The Balaban J connectivity index is 1.99. The quantitative estimate of drug-likeness (QED) is 0.810. The topological polar surface area (TPSA) is 32.9 Å². The van der Waals surface area contributed by atoms with E-state index in [0.29, 0.717) is 11.7 Å². The Morgan fingerprint density at radius 1 is 1.24 bits per heavy atom. The average molecular weight is 248 g/mol. The normalized spacial score (nSPS) is 17.8. The molecule has 1 aromatic heterocycles. The Bertz CT molecular complexity index is 563. The van der Waals surface area contributed by atoms with Crippen LogP contribution in [0.2, 0.25) is 5.02 Å². The predicted octanol–water partition coefficient (Wildman–Crippen LogP) is 4.05. The maximum Gasteiger partial charge on any atom is 0.132 e. The van der Waals surface area contributed by atoms with E-state index in [1.54, 1.807) is 0 Å². The lowest BCUT2D eigenvalue weighted by Gasteiger charge is -2.20. The van der Waals surface area contributed by atoms with Gasteiger partial charge in [-0.15, -0.1) is 0 Å². The zero-order chi connectivity index (χ0) is 11.8. The van der Waals surface area contributed by atoms with E-state index in [0.717, 1.165) is 36.2 Å². The summed E-state index contributed by atoms with van der Waals surface area (Å²) < 4.78 is 0. The number of aromatic amines is 1. The van der Waals surface area contributed by atoms with Gasteiger partial charge in [0.15, 0.2) is 0 Å². The van der Waals surface area contributed by atoms with Crippen molar-refractivity contribution in [2.24, 2.45) is 0 Å². The summed E-state index contributed by atoms with van der Waals surface area (Å²) in [7, 11) is 0. The van der Waals surface area contributed by atoms with Crippen molar-refractivity contribution in [2.45, 2.75) is 31.6 Å². The molecule has 17 heavy (non-hydrogen) atoms. The van der Waals surface area contributed by atoms with Gasteiger partial charge in [-0.05, 0) is 42.5 Å². The van der Waals surface area contributed by atoms with Gasteiger partial charge < -0.3 is 4.98 Å². The number of nitrogens with one attached hydrogen (secondary N) is 1. The molecule has 1 fully saturated rings. The van der Waals surface area contributed by atoms with Crippen molar-refractivity contribution in [3.05, 3.63) is 35.0 Å². The number of Topliss-reactive ketones (excluding diaryl/α,β-unsaturated/α-hetero) is 1. The lowest BCUT2D eigenvalue weighted by Crippen LogP contribution is -2.11. The summed E-state index contributed by atoms with van der Waals surface area (Å²) in [6, 6.07) is 5.92. The van der Waals surface area contributed by atoms with Crippen molar-refractivity contribution in [1.29, 1.82) is 0 Å². The van der Waals surface area contributed by atoms with Gasteiger partial charge in [0, 0.05) is 35.0 Å². The molecule has 0 bridgehead atoms. The first-order valence-corrected chi connectivity index (χ1v) is 6.40. The minimum absolute atomic E-state index is 0.402. The van der Waals surface area contributed by atoms with Gasteiger partial charge >= 0.3 is 0 Å². The van der Waals surface area contributed by atoms with Crippen LogP contribution in [-0.4, -0.2) is 10.8 Å². The summed E-state index contributed by atoms with van der Waals surface area (Å²) in [5, 5.41) is 1.97. The van der Waals surface area contributed by atoms with E-state index in [1.165, 1.54) is 10.9 Å². The third kappa shape index (κ3) is 1.98. The number of carbonyl (C=O) groups excluding carboxylic acids is 1. The van der Waals surface area contributed by atoms with E-state index in [2.05, 4.69) is 11.2 Å². The molecule has 0 atom stereocenters. The number of hydrogen-bond acceptors (Lipinski definition) is 1. The maximum absolute atomic E-state index is 11.3. The first kappa shape index (κ1) is 10.8. The molecule has 2 nitrogen and oxygen atoms in total. The molecule has 0 saturated heterocycles. The SMILES string of the molecule is O=C1CCC(c2c[nH]c3ccc(Cl)cc23)CC1. The fourth-order valence-electron chi connectivity index (χ4n) is 2.70. The second-order valence-corrected chi connectivity index (χ2v) is 5.18. The summed E-state index contributed by atoms with van der Waals surface area (Å²) in [4.78, 5) is 14.5. The third-order valence-electron chi connectivity index (χ3n) is 3.66. The molecule has 0 unspecified atom stereocenters. The molecule has 1 heterocycles. The van der Waals surface area contributed by atoms with Gasteiger partial charge in [-0.3, -0.25) is 4.79 Å². The van der Waals surface area contributed by atoms with Crippen LogP contribution in [0.15, 0.2) is 24.4 Å². The first-order chi connectivity index (χ1) is 8.24. The van der Waals surface area contributed by atoms with Crippen LogP contribution in [0.5, 0.6) is 0 Å². The van der Waals surface area contributed by atoms with E-state index < -0.39 is 0 Å². The molecule has 1 aromatic carbocycles. The zero-order valence-electron chi connectivity index (χ0n) is 9.50. The molecule has 1 aliphatic carbocycles. The fraction of sp³-hybridized carbons (Fsp3) is 0.357. The number of halogens is 1. The molecule has 3 rings (SSSR count). The second kappa shape index (κ2) is 4.19. The van der Waals surface area contributed by atoms with Crippen LogP contribution in [0, 0.1) is 0 Å². The minimum Gasteiger partial charge on any atom is -0.361 e. The van der Waals surface area contributed by atoms with Crippen molar-refractivity contribution in [3.8, 4) is 0 Å². The summed E-state index contributed by atoms with van der Waals surface area (Å²) in [5.41, 5.74) is 2.44. The van der Waals surface area contributed by atoms with Crippen LogP contribution in [-0.2, 0) is 4.79 Å². The lowest BCUT2D eigenvalue weighted by molar-refractivity contribution is -0.120. The van der Waals surface area contributed by atoms with Gasteiger partial charge in [0.1, 0.15) is 5.78 Å². The molecule has 1 N–H and O–H groups in total. The van der Waals surface area contributed by atoms with Gasteiger partial charge in [0.25, 0.3) is 0 Å². The van der Waals surface area contributed by atoms with Crippen molar-refractivity contribution in [2.75, 3.05) is 0 Å². The first-order valence-electron chi connectivity index (χ1n) is 6.02. The van der Waals surface area contributed by atoms with Crippen LogP contribution in [0.3, 0.4) is 0 Å². The second-order valence-electron chi connectivity index (χ2n) is 4.75. The highest BCUT2D eigenvalue weighted by Gasteiger charge is 2.22. The Morgan fingerprint density at radius 3 is 2.76 bits per heavy atom. The number of H-pyrrole nitrogens is 1. The summed E-state index contributed by atoms with van der Waals surface area (Å²) >= 11 is 6.04. The molecule has 88 valence electrons. The zero-order valence-corrected chi connectivity index (χ0v) is 10.3. The van der Waals surface area contributed by atoms with E-state index in [-0.39, 0.29) is 0 Å². The standard InChI is InChI=1S/C14H14ClNO/c15-10-3-6-14-12(7-10)13(8-16-14)9-1-4-11(17)5-2-9/h3,6-9,16H,1-2,4-5H2. The van der Waals surface area contributed by atoms with Gasteiger partial charge in [-0.25, -0.2) is 0 Å². The van der Waals surface area contributed by atoms with Gasteiger partial charge in [-0.1, -0.05) is 11.6 Å². The number of hydrogen-bond donors (Lipinski definition) is 1. The van der Waals surface area contributed by atoms with Gasteiger partial charge in [0.2, 0.25) is 0 Å². The van der Waals surface area contributed by atoms with E-state index in [1.807, 2.05) is 18.2 Å². The van der Waals surface area contributed by atoms with E-state index in [9.17, 15) is 4.79 Å². The highest BCUT2D eigenvalue weighted by Crippen LogP contribution is 2.36. The van der Waals surface area contributed by atoms with Crippen LogP contribution in [0.4, 0.5) is 0 Å². The fourth-order valence-corrected chi connectivity index (χ4v) is 2.88.